The van der Waals surface area contributed by atoms with E-state index in [9.17, 15) is 9.59 Å². The third kappa shape index (κ3) is 2.27. The van der Waals surface area contributed by atoms with Crippen molar-refractivity contribution in [1.29, 1.82) is 0 Å². The van der Waals surface area contributed by atoms with Gasteiger partial charge >= 0.3 is 5.97 Å². The lowest BCUT2D eigenvalue weighted by atomic mass is 9.44. The van der Waals surface area contributed by atoms with E-state index in [1.807, 2.05) is 6.92 Å². The van der Waals surface area contributed by atoms with Crippen LogP contribution in [0.25, 0.3) is 0 Å². The van der Waals surface area contributed by atoms with Gasteiger partial charge in [-0.3, -0.25) is 9.59 Å². The minimum atomic E-state index is -0.167. The van der Waals surface area contributed by atoms with E-state index in [-0.39, 0.29) is 34.4 Å². The standard InChI is InChI=1S/C24H36O4/c1-13-10-19(14(2)25)22(4)8-7-18-17(21(13)22)11-20-24(28-20)12-16(27-15(3)26)6-9-23(18,24)5/h13,16-21H,6-12H2,1-5H3/t13?,16?,17?,18?,19?,20-,21?,22+,23+,24-/m0/s1. The zero-order valence-electron chi connectivity index (χ0n) is 18.1. The summed E-state index contributed by atoms with van der Waals surface area (Å²) in [5, 5.41) is 0. The number of fused-ring (bicyclic) bond motifs is 4. The Morgan fingerprint density at radius 2 is 1.82 bits per heavy atom. The molecule has 0 bridgehead atoms. The molecular weight excluding hydrogens is 352 g/mol. The van der Waals surface area contributed by atoms with E-state index in [0.717, 1.165) is 32.1 Å². The number of ketones is 1. The summed E-state index contributed by atoms with van der Waals surface area (Å²) in [6.07, 6.45) is 7.89. The number of carbonyl (C=O) groups is 2. The molecule has 0 aromatic rings. The first-order valence-corrected chi connectivity index (χ1v) is 11.5. The van der Waals surface area contributed by atoms with Crippen molar-refractivity contribution in [3.05, 3.63) is 0 Å². The Morgan fingerprint density at radius 3 is 2.50 bits per heavy atom. The highest BCUT2D eigenvalue weighted by atomic mass is 16.6. The molecule has 28 heavy (non-hydrogen) atoms. The Bertz CT molecular complexity index is 717. The number of esters is 1. The molecule has 1 spiro atoms. The van der Waals surface area contributed by atoms with Gasteiger partial charge in [0.1, 0.15) is 17.5 Å². The van der Waals surface area contributed by atoms with Crippen LogP contribution in [0, 0.1) is 40.4 Å². The summed E-state index contributed by atoms with van der Waals surface area (Å²) in [5.74, 6) is 3.09. The van der Waals surface area contributed by atoms with Gasteiger partial charge in [-0.2, -0.15) is 0 Å². The molecule has 0 radical (unpaired) electrons. The fraction of sp³-hybridized carbons (Fsp3) is 0.917. The molecule has 1 aliphatic heterocycles. The average molecular weight is 389 g/mol. The molecule has 0 amide bonds. The predicted octanol–water partition coefficient (Wildman–Crippen LogP) is 4.54. The number of Topliss-reactive ketones (excluding diaryl/α,β-unsaturated/α-hetero) is 1. The minimum absolute atomic E-state index is 0.0217. The van der Waals surface area contributed by atoms with Crippen molar-refractivity contribution in [3.63, 3.8) is 0 Å². The Labute approximate surface area is 169 Å². The summed E-state index contributed by atoms with van der Waals surface area (Å²) in [7, 11) is 0. The summed E-state index contributed by atoms with van der Waals surface area (Å²) < 4.78 is 12.1. The molecule has 6 unspecified atom stereocenters. The number of rotatable bonds is 2. The van der Waals surface area contributed by atoms with Gasteiger partial charge in [-0.15, -0.1) is 0 Å². The van der Waals surface area contributed by atoms with Gasteiger partial charge in [-0.05, 0) is 74.5 Å². The van der Waals surface area contributed by atoms with Gasteiger partial charge in [0.05, 0.1) is 6.10 Å². The Morgan fingerprint density at radius 1 is 1.07 bits per heavy atom. The molecular formula is C24H36O4. The first-order valence-electron chi connectivity index (χ1n) is 11.5. The second-order valence-electron chi connectivity index (χ2n) is 11.3. The molecule has 5 fully saturated rings. The number of epoxide rings is 1. The molecule has 1 heterocycles. The monoisotopic (exact) mass is 388 g/mol. The van der Waals surface area contributed by atoms with Crippen LogP contribution in [-0.2, 0) is 19.1 Å². The number of carbonyl (C=O) groups excluding carboxylic acids is 2. The van der Waals surface area contributed by atoms with Gasteiger partial charge in [0.15, 0.2) is 0 Å². The summed E-state index contributed by atoms with van der Waals surface area (Å²) in [4.78, 5) is 23.9. The molecule has 4 heteroatoms. The van der Waals surface area contributed by atoms with Crippen molar-refractivity contribution >= 4 is 11.8 Å². The molecule has 4 nitrogen and oxygen atoms in total. The third-order valence-electron chi connectivity index (χ3n) is 10.2. The fourth-order valence-corrected chi connectivity index (χ4v) is 9.15. The van der Waals surface area contributed by atoms with E-state index in [2.05, 4.69) is 20.8 Å². The number of ether oxygens (including phenoxy) is 2. The highest BCUT2D eigenvalue weighted by Gasteiger charge is 2.76. The lowest BCUT2D eigenvalue weighted by Gasteiger charge is -2.59. The van der Waals surface area contributed by atoms with Gasteiger partial charge in [-0.25, -0.2) is 0 Å². The van der Waals surface area contributed by atoms with Crippen LogP contribution in [0.5, 0.6) is 0 Å². The van der Waals surface area contributed by atoms with E-state index in [4.69, 9.17) is 9.47 Å². The average Bonchev–Trinajstić information content (AvgIpc) is 3.21. The van der Waals surface area contributed by atoms with E-state index >= 15 is 0 Å². The largest absolute Gasteiger partial charge is 0.462 e. The van der Waals surface area contributed by atoms with Gasteiger partial charge < -0.3 is 9.47 Å². The van der Waals surface area contributed by atoms with E-state index in [0.29, 0.717) is 35.6 Å². The van der Waals surface area contributed by atoms with Crippen molar-refractivity contribution in [2.45, 2.75) is 97.4 Å². The minimum Gasteiger partial charge on any atom is -0.462 e. The van der Waals surface area contributed by atoms with Crippen molar-refractivity contribution < 1.29 is 19.1 Å². The molecule has 156 valence electrons. The van der Waals surface area contributed by atoms with Crippen LogP contribution in [-0.4, -0.2) is 29.6 Å². The molecule has 5 rings (SSSR count). The lowest BCUT2D eigenvalue weighted by Crippen LogP contribution is -2.59. The number of hydrogen-bond donors (Lipinski definition) is 0. The second-order valence-corrected chi connectivity index (χ2v) is 11.3. The SMILES string of the molecule is CC(=O)OC1CC[C@]2(C)C3CC[C@]4(C)C(C(C)=O)CC(C)C4C3C[C@@H]3O[C@@]32C1. The van der Waals surface area contributed by atoms with Crippen molar-refractivity contribution in [1.82, 2.24) is 0 Å². The first-order chi connectivity index (χ1) is 13.1. The summed E-state index contributed by atoms with van der Waals surface area (Å²) >= 11 is 0. The lowest BCUT2D eigenvalue weighted by molar-refractivity contribution is -0.159. The topological polar surface area (TPSA) is 55.9 Å². The van der Waals surface area contributed by atoms with E-state index in [1.54, 1.807) is 0 Å². The first kappa shape index (κ1) is 19.1. The number of hydrogen-bond acceptors (Lipinski definition) is 4. The van der Waals surface area contributed by atoms with Gasteiger partial charge in [-0.1, -0.05) is 20.8 Å². The Hall–Kier alpha value is -0.900. The highest BCUT2D eigenvalue weighted by Crippen LogP contribution is 2.74. The molecule has 1 saturated heterocycles. The molecule has 4 aliphatic carbocycles. The maximum absolute atomic E-state index is 12.4. The van der Waals surface area contributed by atoms with Gasteiger partial charge in [0.2, 0.25) is 0 Å². The van der Waals surface area contributed by atoms with Crippen LogP contribution in [0.4, 0.5) is 0 Å². The Balaban J connectivity index is 1.45. The fourth-order valence-electron chi connectivity index (χ4n) is 9.15. The van der Waals surface area contributed by atoms with Crippen molar-refractivity contribution in [3.8, 4) is 0 Å². The van der Waals surface area contributed by atoms with E-state index in [1.165, 1.54) is 19.8 Å². The summed E-state index contributed by atoms with van der Waals surface area (Å²) in [6, 6.07) is 0. The molecule has 4 saturated carbocycles. The maximum atomic E-state index is 12.4. The normalized spacial score (nSPS) is 56.7. The van der Waals surface area contributed by atoms with Crippen LogP contribution in [0.1, 0.15) is 79.6 Å². The van der Waals surface area contributed by atoms with Crippen LogP contribution >= 0.6 is 0 Å². The summed E-state index contributed by atoms with van der Waals surface area (Å²) in [5.41, 5.74) is 0.293. The molecule has 10 atom stereocenters. The predicted molar refractivity (Wildman–Crippen MR) is 105 cm³/mol. The maximum Gasteiger partial charge on any atom is 0.302 e. The van der Waals surface area contributed by atoms with Crippen molar-refractivity contribution in [2.24, 2.45) is 40.4 Å². The highest BCUT2D eigenvalue weighted by molar-refractivity contribution is 5.79. The van der Waals surface area contributed by atoms with Crippen LogP contribution < -0.4 is 0 Å². The van der Waals surface area contributed by atoms with Crippen molar-refractivity contribution in [2.75, 3.05) is 0 Å². The molecule has 0 N–H and O–H groups in total. The molecule has 0 aromatic heterocycles. The van der Waals surface area contributed by atoms with Crippen LogP contribution in [0.2, 0.25) is 0 Å². The summed E-state index contributed by atoms with van der Waals surface area (Å²) in [6.45, 7) is 10.6. The van der Waals surface area contributed by atoms with Gasteiger partial charge in [0, 0.05) is 24.7 Å². The van der Waals surface area contributed by atoms with Crippen LogP contribution in [0.3, 0.4) is 0 Å². The molecule has 0 aromatic carbocycles. The molecule has 5 aliphatic rings. The Kier molecular flexibility index (Phi) is 3.98. The second kappa shape index (κ2) is 5.83. The van der Waals surface area contributed by atoms with E-state index < -0.39 is 0 Å². The third-order valence-corrected chi connectivity index (χ3v) is 10.2. The van der Waals surface area contributed by atoms with Gasteiger partial charge in [0.25, 0.3) is 0 Å². The van der Waals surface area contributed by atoms with Crippen LogP contribution in [0.15, 0.2) is 0 Å². The smallest absolute Gasteiger partial charge is 0.302 e. The zero-order chi connectivity index (χ0) is 20.1. The zero-order valence-corrected chi connectivity index (χ0v) is 18.1. The quantitative estimate of drug-likeness (QED) is 0.515.